The average Bonchev–Trinajstić information content (AvgIpc) is 2.38. The zero-order chi connectivity index (χ0) is 13.5. The molecule has 0 fully saturated rings. The third-order valence-electron chi connectivity index (χ3n) is 2.51. The molecule has 98 valence electrons. The number of pyridine rings is 1. The van der Waals surface area contributed by atoms with Gasteiger partial charge in [0.1, 0.15) is 6.04 Å². The predicted molar refractivity (Wildman–Crippen MR) is 67.5 cm³/mol. The Morgan fingerprint density at radius 2 is 2.28 bits per heavy atom. The minimum Gasteiger partial charge on any atom is -0.480 e. The first-order chi connectivity index (χ1) is 8.56. The van der Waals surface area contributed by atoms with Crippen LogP contribution in [0.2, 0.25) is 0 Å². The van der Waals surface area contributed by atoms with Crippen molar-refractivity contribution in [3.05, 3.63) is 24.5 Å². The highest BCUT2D eigenvalue weighted by Crippen LogP contribution is 2.09. The van der Waals surface area contributed by atoms with Crippen LogP contribution in [0.15, 0.2) is 24.5 Å². The molecule has 1 rings (SSSR count). The Bertz CT molecular complexity index is 408. The smallest absolute Gasteiger partial charge is 0.326 e. The van der Waals surface area contributed by atoms with Gasteiger partial charge in [0.2, 0.25) is 0 Å². The molecule has 0 radical (unpaired) electrons. The monoisotopic (exact) mass is 251 g/mol. The van der Waals surface area contributed by atoms with Gasteiger partial charge in [-0.15, -0.1) is 0 Å². The predicted octanol–water partition coefficient (Wildman–Crippen LogP) is 1.48. The molecule has 0 aliphatic rings. The second kappa shape index (κ2) is 6.58. The van der Waals surface area contributed by atoms with Crippen molar-refractivity contribution in [1.29, 1.82) is 0 Å². The van der Waals surface area contributed by atoms with Gasteiger partial charge in [0.25, 0.3) is 0 Å². The fraction of sp³-hybridized carbons (Fsp3) is 0.417. The second-order valence-corrected chi connectivity index (χ2v) is 3.90. The summed E-state index contributed by atoms with van der Waals surface area (Å²) >= 11 is 0. The first-order valence-electron chi connectivity index (χ1n) is 5.73. The number of carbonyl (C=O) groups is 2. The number of anilines is 1. The van der Waals surface area contributed by atoms with Gasteiger partial charge < -0.3 is 10.4 Å². The van der Waals surface area contributed by atoms with Crippen LogP contribution in [0.4, 0.5) is 10.5 Å². The number of carboxylic acids is 1. The van der Waals surface area contributed by atoms with Crippen molar-refractivity contribution in [3.8, 4) is 0 Å². The van der Waals surface area contributed by atoms with E-state index in [0.29, 0.717) is 18.5 Å². The first kappa shape index (κ1) is 14.0. The van der Waals surface area contributed by atoms with Crippen LogP contribution < -0.4 is 10.2 Å². The summed E-state index contributed by atoms with van der Waals surface area (Å²) in [4.78, 5) is 28.0. The van der Waals surface area contributed by atoms with E-state index < -0.39 is 18.0 Å². The maximum Gasteiger partial charge on any atom is 0.326 e. The third kappa shape index (κ3) is 3.73. The van der Waals surface area contributed by atoms with E-state index in [-0.39, 0.29) is 0 Å². The van der Waals surface area contributed by atoms with Crippen LogP contribution in [0.25, 0.3) is 0 Å². The van der Waals surface area contributed by atoms with Crippen LogP contribution in [-0.4, -0.2) is 35.2 Å². The van der Waals surface area contributed by atoms with Gasteiger partial charge in [0.05, 0.1) is 11.9 Å². The molecule has 0 unspecified atom stereocenters. The van der Waals surface area contributed by atoms with Gasteiger partial charge in [-0.05, 0) is 18.6 Å². The molecule has 0 saturated carbocycles. The molecule has 1 heterocycles. The minimum atomic E-state index is -1.02. The Morgan fingerprint density at radius 3 is 2.78 bits per heavy atom. The molecule has 1 aromatic rings. The lowest BCUT2D eigenvalue weighted by Crippen LogP contribution is -2.46. The second-order valence-electron chi connectivity index (χ2n) is 3.90. The van der Waals surface area contributed by atoms with E-state index in [1.807, 2.05) is 6.92 Å². The standard InChI is InChI=1S/C12H17N3O3/c1-3-5-10(11(16)17)14-12(18)15(2)9-6-4-7-13-8-9/h4,6-8,10H,3,5H2,1-2H3,(H,14,18)(H,16,17)/t10-/m1/s1. The highest BCUT2D eigenvalue weighted by molar-refractivity contribution is 5.93. The molecule has 1 aromatic heterocycles. The van der Waals surface area contributed by atoms with E-state index in [1.165, 1.54) is 11.1 Å². The summed E-state index contributed by atoms with van der Waals surface area (Å²) in [6.45, 7) is 1.87. The summed E-state index contributed by atoms with van der Waals surface area (Å²) in [7, 11) is 1.57. The number of nitrogens with one attached hydrogen (secondary N) is 1. The molecule has 0 bridgehead atoms. The van der Waals surface area contributed by atoms with Crippen molar-refractivity contribution in [2.45, 2.75) is 25.8 Å². The number of carbonyl (C=O) groups excluding carboxylic acids is 1. The van der Waals surface area contributed by atoms with Gasteiger partial charge in [0.15, 0.2) is 0 Å². The number of nitrogens with zero attached hydrogens (tertiary/aromatic N) is 2. The summed E-state index contributed by atoms with van der Waals surface area (Å²) in [6, 6.07) is 2.12. The average molecular weight is 251 g/mol. The Kier molecular flexibility index (Phi) is 5.10. The molecule has 0 aromatic carbocycles. The molecule has 6 nitrogen and oxygen atoms in total. The number of rotatable bonds is 5. The van der Waals surface area contributed by atoms with Crippen molar-refractivity contribution in [2.75, 3.05) is 11.9 Å². The van der Waals surface area contributed by atoms with Crippen LogP contribution in [-0.2, 0) is 4.79 Å². The minimum absolute atomic E-state index is 0.405. The topological polar surface area (TPSA) is 82.5 Å². The fourth-order valence-electron chi connectivity index (χ4n) is 1.46. The van der Waals surface area contributed by atoms with Gasteiger partial charge in [-0.2, -0.15) is 0 Å². The number of urea groups is 1. The van der Waals surface area contributed by atoms with E-state index in [2.05, 4.69) is 10.3 Å². The van der Waals surface area contributed by atoms with E-state index in [0.717, 1.165) is 0 Å². The molecular formula is C12H17N3O3. The maximum absolute atomic E-state index is 11.9. The Balaban J connectivity index is 2.67. The van der Waals surface area contributed by atoms with Crippen molar-refractivity contribution in [2.24, 2.45) is 0 Å². The normalized spacial score (nSPS) is 11.7. The Hall–Kier alpha value is -2.11. The molecule has 0 saturated heterocycles. The third-order valence-corrected chi connectivity index (χ3v) is 2.51. The van der Waals surface area contributed by atoms with Gasteiger partial charge >= 0.3 is 12.0 Å². The van der Waals surface area contributed by atoms with E-state index in [4.69, 9.17) is 5.11 Å². The maximum atomic E-state index is 11.9. The van der Waals surface area contributed by atoms with E-state index in [1.54, 1.807) is 25.4 Å². The van der Waals surface area contributed by atoms with Gasteiger partial charge in [-0.3, -0.25) is 9.88 Å². The molecule has 6 heteroatoms. The lowest BCUT2D eigenvalue weighted by Gasteiger charge is -2.20. The Labute approximate surface area is 106 Å². The summed E-state index contributed by atoms with van der Waals surface area (Å²) in [5.74, 6) is -1.02. The lowest BCUT2D eigenvalue weighted by molar-refractivity contribution is -0.139. The lowest BCUT2D eigenvalue weighted by atomic mass is 10.2. The molecule has 2 N–H and O–H groups in total. The van der Waals surface area contributed by atoms with Crippen LogP contribution >= 0.6 is 0 Å². The van der Waals surface area contributed by atoms with Gasteiger partial charge in [-0.25, -0.2) is 9.59 Å². The quantitative estimate of drug-likeness (QED) is 0.830. The zero-order valence-electron chi connectivity index (χ0n) is 10.5. The van der Waals surface area contributed by atoms with Crippen molar-refractivity contribution in [3.63, 3.8) is 0 Å². The molecule has 2 amide bonds. The number of carboxylic acid groups (broad SMARTS) is 1. The van der Waals surface area contributed by atoms with Crippen LogP contribution in [0.3, 0.4) is 0 Å². The highest BCUT2D eigenvalue weighted by Gasteiger charge is 2.21. The number of hydrogen-bond donors (Lipinski definition) is 2. The highest BCUT2D eigenvalue weighted by atomic mass is 16.4. The number of aliphatic carboxylic acids is 1. The van der Waals surface area contributed by atoms with Crippen molar-refractivity contribution >= 4 is 17.7 Å². The fourth-order valence-corrected chi connectivity index (χ4v) is 1.46. The number of aromatic nitrogens is 1. The SMILES string of the molecule is CCC[C@@H](NC(=O)N(C)c1cccnc1)C(=O)O. The first-order valence-corrected chi connectivity index (χ1v) is 5.73. The van der Waals surface area contributed by atoms with Crippen LogP contribution in [0.5, 0.6) is 0 Å². The summed E-state index contributed by atoms with van der Waals surface area (Å²) < 4.78 is 0. The Morgan fingerprint density at radius 1 is 1.56 bits per heavy atom. The number of amides is 2. The van der Waals surface area contributed by atoms with Crippen molar-refractivity contribution < 1.29 is 14.7 Å². The van der Waals surface area contributed by atoms with E-state index in [9.17, 15) is 9.59 Å². The molecule has 18 heavy (non-hydrogen) atoms. The largest absolute Gasteiger partial charge is 0.480 e. The molecule has 0 aliphatic carbocycles. The van der Waals surface area contributed by atoms with Gasteiger partial charge in [0, 0.05) is 13.2 Å². The molecule has 0 aliphatic heterocycles. The van der Waals surface area contributed by atoms with Gasteiger partial charge in [-0.1, -0.05) is 13.3 Å². The van der Waals surface area contributed by atoms with E-state index >= 15 is 0 Å². The summed E-state index contributed by atoms with van der Waals surface area (Å²) in [6.07, 6.45) is 4.23. The summed E-state index contributed by atoms with van der Waals surface area (Å²) in [5.41, 5.74) is 0.607. The molecular weight excluding hydrogens is 234 g/mol. The summed E-state index contributed by atoms with van der Waals surface area (Å²) in [5, 5.41) is 11.4. The number of hydrogen-bond acceptors (Lipinski definition) is 3. The van der Waals surface area contributed by atoms with Crippen LogP contribution in [0.1, 0.15) is 19.8 Å². The molecule has 1 atom stereocenters. The van der Waals surface area contributed by atoms with Crippen molar-refractivity contribution in [1.82, 2.24) is 10.3 Å². The molecule has 0 spiro atoms. The van der Waals surface area contributed by atoms with Crippen LogP contribution in [0, 0.1) is 0 Å². The zero-order valence-corrected chi connectivity index (χ0v) is 10.5.